The van der Waals surface area contributed by atoms with Crippen molar-refractivity contribution >= 4 is 5.97 Å². The molecule has 0 radical (unpaired) electrons. The number of esters is 1. The Morgan fingerprint density at radius 1 is 0.970 bits per heavy atom. The maximum Gasteiger partial charge on any atom is 0.308 e. The molecule has 0 aliphatic heterocycles. The van der Waals surface area contributed by atoms with E-state index in [9.17, 15) is 9.90 Å². The number of phenols is 1. The molecular formula is C30H50O3. The van der Waals surface area contributed by atoms with E-state index in [1.54, 1.807) is 0 Å². The van der Waals surface area contributed by atoms with Gasteiger partial charge in [-0.3, -0.25) is 4.79 Å². The highest BCUT2D eigenvalue weighted by atomic mass is 16.5. The predicted molar refractivity (Wildman–Crippen MR) is 139 cm³/mol. The standard InChI is InChI=1S/C30H50O3/c1-9-11-17-30(10-2,21-33-27(32)23-15-13-12-14-16-23)20-22-18-24(28(3,4)5)26(31)25(19-22)29(6,7)8/h18-19,23,31H,9-17,20-21H2,1-8H3. The largest absolute Gasteiger partial charge is 0.507 e. The number of hydrogen-bond acceptors (Lipinski definition) is 3. The van der Waals surface area contributed by atoms with Gasteiger partial charge >= 0.3 is 5.97 Å². The van der Waals surface area contributed by atoms with Gasteiger partial charge in [0, 0.05) is 5.41 Å². The molecule has 2 rings (SSSR count). The summed E-state index contributed by atoms with van der Waals surface area (Å²) in [5.74, 6) is 0.534. The Balaban J connectivity index is 2.37. The van der Waals surface area contributed by atoms with Gasteiger partial charge < -0.3 is 9.84 Å². The van der Waals surface area contributed by atoms with Crippen LogP contribution in [-0.2, 0) is 26.8 Å². The number of phenolic OH excluding ortho intramolecular Hbond substituents is 1. The first-order valence-corrected chi connectivity index (χ1v) is 13.4. The van der Waals surface area contributed by atoms with Crippen LogP contribution in [0.1, 0.15) is 130 Å². The zero-order valence-corrected chi connectivity index (χ0v) is 22.8. The van der Waals surface area contributed by atoms with Gasteiger partial charge in [0.2, 0.25) is 0 Å². The van der Waals surface area contributed by atoms with E-state index in [0.29, 0.717) is 12.4 Å². The van der Waals surface area contributed by atoms with Crippen LogP contribution in [0.4, 0.5) is 0 Å². The molecule has 1 aliphatic rings. The number of rotatable bonds is 9. The second-order valence-electron chi connectivity index (χ2n) is 12.6. The average molecular weight is 459 g/mol. The van der Waals surface area contributed by atoms with Gasteiger partial charge in [-0.05, 0) is 59.6 Å². The first-order valence-electron chi connectivity index (χ1n) is 13.4. The molecule has 0 amide bonds. The van der Waals surface area contributed by atoms with E-state index in [-0.39, 0.29) is 28.1 Å². The molecule has 33 heavy (non-hydrogen) atoms. The lowest BCUT2D eigenvalue weighted by atomic mass is 9.73. The summed E-state index contributed by atoms with van der Waals surface area (Å²) in [6.45, 7) is 17.9. The number of ether oxygens (including phenoxy) is 1. The van der Waals surface area contributed by atoms with E-state index < -0.39 is 0 Å². The van der Waals surface area contributed by atoms with Gasteiger partial charge in [0.1, 0.15) is 5.75 Å². The molecule has 0 aromatic heterocycles. The quantitative estimate of drug-likeness (QED) is 0.379. The number of hydrogen-bond donors (Lipinski definition) is 1. The van der Waals surface area contributed by atoms with Gasteiger partial charge in [-0.15, -0.1) is 0 Å². The van der Waals surface area contributed by atoms with E-state index in [2.05, 4.69) is 67.5 Å². The van der Waals surface area contributed by atoms with Crippen LogP contribution in [0.2, 0.25) is 0 Å². The second-order valence-corrected chi connectivity index (χ2v) is 12.6. The van der Waals surface area contributed by atoms with Gasteiger partial charge in [0.25, 0.3) is 0 Å². The molecule has 1 N–H and O–H groups in total. The van der Waals surface area contributed by atoms with Crippen molar-refractivity contribution < 1.29 is 14.6 Å². The van der Waals surface area contributed by atoms with Crippen molar-refractivity contribution in [2.45, 2.75) is 130 Å². The lowest BCUT2D eigenvalue weighted by Crippen LogP contribution is -2.33. The molecule has 1 atom stereocenters. The minimum atomic E-state index is -0.147. The number of benzene rings is 1. The lowest BCUT2D eigenvalue weighted by molar-refractivity contribution is -0.153. The number of aromatic hydroxyl groups is 1. The Morgan fingerprint density at radius 3 is 1.97 bits per heavy atom. The summed E-state index contributed by atoms with van der Waals surface area (Å²) in [6, 6.07) is 4.40. The Hall–Kier alpha value is -1.51. The zero-order chi connectivity index (χ0) is 24.9. The molecule has 0 heterocycles. The third kappa shape index (κ3) is 7.49. The summed E-state index contributed by atoms with van der Waals surface area (Å²) in [5, 5.41) is 11.1. The molecule has 1 fully saturated rings. The molecule has 3 heteroatoms. The van der Waals surface area contributed by atoms with E-state index in [1.165, 1.54) is 12.0 Å². The lowest BCUT2D eigenvalue weighted by Gasteiger charge is -2.35. The maximum atomic E-state index is 12.8. The van der Waals surface area contributed by atoms with Crippen LogP contribution in [0.15, 0.2) is 12.1 Å². The van der Waals surface area contributed by atoms with Crippen molar-refractivity contribution in [3.63, 3.8) is 0 Å². The zero-order valence-electron chi connectivity index (χ0n) is 22.8. The molecule has 1 unspecified atom stereocenters. The van der Waals surface area contributed by atoms with E-state index in [1.807, 2.05) is 0 Å². The van der Waals surface area contributed by atoms with Crippen molar-refractivity contribution in [3.05, 3.63) is 28.8 Å². The van der Waals surface area contributed by atoms with Crippen LogP contribution < -0.4 is 0 Å². The molecule has 1 saturated carbocycles. The fourth-order valence-electron chi connectivity index (χ4n) is 5.22. The topological polar surface area (TPSA) is 46.5 Å². The van der Waals surface area contributed by atoms with Crippen LogP contribution in [0.3, 0.4) is 0 Å². The van der Waals surface area contributed by atoms with Crippen LogP contribution in [0, 0.1) is 11.3 Å². The highest BCUT2D eigenvalue weighted by Crippen LogP contribution is 2.42. The van der Waals surface area contributed by atoms with Crippen molar-refractivity contribution in [3.8, 4) is 5.75 Å². The molecule has 1 aromatic carbocycles. The maximum absolute atomic E-state index is 12.8. The number of carbonyl (C=O) groups excluding carboxylic acids is 1. The third-order valence-corrected chi connectivity index (χ3v) is 7.63. The molecule has 0 bridgehead atoms. The number of unbranched alkanes of at least 4 members (excludes halogenated alkanes) is 1. The van der Waals surface area contributed by atoms with Crippen LogP contribution in [-0.4, -0.2) is 17.7 Å². The average Bonchev–Trinajstić information content (AvgIpc) is 2.75. The van der Waals surface area contributed by atoms with Crippen molar-refractivity contribution in [1.29, 1.82) is 0 Å². The molecule has 1 aromatic rings. The normalized spacial score (nSPS) is 17.6. The van der Waals surface area contributed by atoms with Gasteiger partial charge in [0.05, 0.1) is 12.5 Å². The van der Waals surface area contributed by atoms with Crippen molar-refractivity contribution in [1.82, 2.24) is 0 Å². The van der Waals surface area contributed by atoms with E-state index >= 15 is 0 Å². The summed E-state index contributed by atoms with van der Waals surface area (Å²) in [7, 11) is 0. The molecule has 3 nitrogen and oxygen atoms in total. The molecule has 0 spiro atoms. The molecular weight excluding hydrogens is 408 g/mol. The summed E-state index contributed by atoms with van der Waals surface area (Å²) in [5.41, 5.74) is 2.89. The SMILES string of the molecule is CCCCC(CC)(COC(=O)C1CCCCC1)Cc1cc(C(C)(C)C)c(O)c(C(C)(C)C)c1. The highest BCUT2D eigenvalue weighted by molar-refractivity contribution is 5.72. The minimum absolute atomic E-state index is 0.0143. The first-order chi connectivity index (χ1) is 15.3. The molecule has 1 aliphatic carbocycles. The predicted octanol–water partition coefficient (Wildman–Crippen LogP) is 8.24. The van der Waals surface area contributed by atoms with E-state index in [4.69, 9.17) is 4.74 Å². The molecule has 0 saturated heterocycles. The Morgan fingerprint density at radius 2 is 1.52 bits per heavy atom. The highest BCUT2D eigenvalue weighted by Gasteiger charge is 2.34. The number of carbonyl (C=O) groups is 1. The van der Waals surface area contributed by atoms with E-state index in [0.717, 1.165) is 68.9 Å². The summed E-state index contributed by atoms with van der Waals surface area (Å²) < 4.78 is 6.04. The first kappa shape index (κ1) is 27.7. The Kier molecular flexibility index (Phi) is 9.48. The van der Waals surface area contributed by atoms with Crippen molar-refractivity contribution in [2.24, 2.45) is 11.3 Å². The Bertz CT molecular complexity index is 740. The fourth-order valence-corrected chi connectivity index (χ4v) is 5.22. The monoisotopic (exact) mass is 458 g/mol. The summed E-state index contributed by atoms with van der Waals surface area (Å²) in [4.78, 5) is 12.8. The second kappa shape index (κ2) is 11.3. The van der Waals surface area contributed by atoms with Crippen LogP contribution >= 0.6 is 0 Å². The van der Waals surface area contributed by atoms with Gasteiger partial charge in [0.15, 0.2) is 0 Å². The van der Waals surface area contributed by atoms with Gasteiger partial charge in [-0.25, -0.2) is 0 Å². The van der Waals surface area contributed by atoms with Gasteiger partial charge in [-0.2, -0.15) is 0 Å². The smallest absolute Gasteiger partial charge is 0.308 e. The fraction of sp³-hybridized carbons (Fsp3) is 0.767. The molecule has 188 valence electrons. The van der Waals surface area contributed by atoms with Gasteiger partial charge in [-0.1, -0.05) is 99.6 Å². The van der Waals surface area contributed by atoms with Crippen molar-refractivity contribution in [2.75, 3.05) is 6.61 Å². The minimum Gasteiger partial charge on any atom is -0.507 e. The summed E-state index contributed by atoms with van der Waals surface area (Å²) in [6.07, 6.45) is 10.7. The third-order valence-electron chi connectivity index (χ3n) is 7.63. The van der Waals surface area contributed by atoms with Crippen LogP contribution in [0.25, 0.3) is 0 Å². The summed E-state index contributed by atoms with van der Waals surface area (Å²) >= 11 is 0. The Labute approximate surface area is 203 Å². The van der Waals surface area contributed by atoms with Crippen LogP contribution in [0.5, 0.6) is 5.75 Å².